The number of ether oxygens (including phenoxy) is 3. The van der Waals surface area contributed by atoms with E-state index in [0.717, 1.165) is 49.0 Å². The molecule has 6 heteroatoms. The lowest BCUT2D eigenvalue weighted by Crippen LogP contribution is -2.40. The van der Waals surface area contributed by atoms with Crippen LogP contribution in [-0.2, 0) is 11.3 Å². The fraction of sp³-hybridized carbons (Fsp3) is 0.588. The van der Waals surface area contributed by atoms with Gasteiger partial charge in [0.05, 0.1) is 19.8 Å². The maximum atomic E-state index is 5.60. The quantitative estimate of drug-likeness (QED) is 0.593. The molecule has 1 aliphatic heterocycles. The van der Waals surface area contributed by atoms with Crippen LogP contribution in [0, 0.1) is 0 Å². The van der Waals surface area contributed by atoms with Crippen LogP contribution >= 0.6 is 0 Å². The molecule has 1 atom stereocenters. The van der Waals surface area contributed by atoms with E-state index in [2.05, 4.69) is 15.6 Å². The molecule has 1 heterocycles. The Morgan fingerprint density at radius 1 is 1.35 bits per heavy atom. The molecule has 0 spiro atoms. The van der Waals surface area contributed by atoms with Crippen molar-refractivity contribution < 1.29 is 14.2 Å². The lowest BCUT2D eigenvalue weighted by molar-refractivity contribution is 0.114. The molecule has 1 saturated heterocycles. The van der Waals surface area contributed by atoms with Crippen molar-refractivity contribution in [2.45, 2.75) is 32.4 Å². The molecular formula is C17H27N3O3. The third-order valence-corrected chi connectivity index (χ3v) is 3.73. The summed E-state index contributed by atoms with van der Waals surface area (Å²) in [7, 11) is 3.42. The Hall–Kier alpha value is -1.95. The summed E-state index contributed by atoms with van der Waals surface area (Å²) in [6, 6.07) is 5.93. The average molecular weight is 321 g/mol. The second kappa shape index (κ2) is 9.25. The van der Waals surface area contributed by atoms with E-state index in [1.54, 1.807) is 14.2 Å². The number of nitrogens with one attached hydrogen (secondary N) is 2. The Kier molecular flexibility index (Phi) is 7.00. The molecular weight excluding hydrogens is 294 g/mol. The predicted octanol–water partition coefficient (Wildman–Crippen LogP) is 1.94. The number of rotatable bonds is 7. The summed E-state index contributed by atoms with van der Waals surface area (Å²) in [6.45, 7) is 4.89. The van der Waals surface area contributed by atoms with Crippen LogP contribution in [0.15, 0.2) is 23.2 Å². The molecule has 0 saturated carbocycles. The van der Waals surface area contributed by atoms with Crippen LogP contribution in [-0.4, -0.2) is 46.0 Å². The van der Waals surface area contributed by atoms with Gasteiger partial charge < -0.3 is 24.8 Å². The van der Waals surface area contributed by atoms with Crippen LogP contribution in [0.25, 0.3) is 0 Å². The van der Waals surface area contributed by atoms with Gasteiger partial charge in [0, 0.05) is 26.7 Å². The minimum absolute atomic E-state index is 0.291. The van der Waals surface area contributed by atoms with E-state index in [4.69, 9.17) is 14.2 Å². The molecule has 1 unspecified atom stereocenters. The Morgan fingerprint density at radius 2 is 2.22 bits per heavy atom. The number of aliphatic imine (C=N–C) groups is 1. The van der Waals surface area contributed by atoms with Crippen molar-refractivity contribution in [1.29, 1.82) is 0 Å². The molecule has 1 aromatic rings. The number of guanidine groups is 1. The van der Waals surface area contributed by atoms with E-state index in [0.29, 0.717) is 19.3 Å². The maximum absolute atomic E-state index is 5.60. The second-order valence-corrected chi connectivity index (χ2v) is 5.36. The average Bonchev–Trinajstić information content (AvgIpc) is 3.09. The first-order chi connectivity index (χ1) is 11.3. The summed E-state index contributed by atoms with van der Waals surface area (Å²) in [4.78, 5) is 4.24. The highest BCUT2D eigenvalue weighted by molar-refractivity contribution is 5.79. The summed E-state index contributed by atoms with van der Waals surface area (Å²) >= 11 is 0. The molecule has 0 aliphatic carbocycles. The van der Waals surface area contributed by atoms with Crippen molar-refractivity contribution in [3.63, 3.8) is 0 Å². The van der Waals surface area contributed by atoms with Gasteiger partial charge in [-0.15, -0.1) is 0 Å². The number of hydrogen-bond donors (Lipinski definition) is 2. The molecule has 0 bridgehead atoms. The van der Waals surface area contributed by atoms with Crippen molar-refractivity contribution in [2.24, 2.45) is 4.99 Å². The molecule has 1 fully saturated rings. The molecule has 2 N–H and O–H groups in total. The Morgan fingerprint density at radius 3 is 2.87 bits per heavy atom. The standard InChI is InChI=1S/C17H27N3O3/c1-4-22-15-8-7-13(10-16(15)21-3)11-19-17(18-2)20-12-14-6-5-9-23-14/h7-8,10,14H,4-6,9,11-12H2,1-3H3,(H2,18,19,20). The number of nitrogens with zero attached hydrogens (tertiary/aromatic N) is 1. The summed E-state index contributed by atoms with van der Waals surface area (Å²) in [5.74, 6) is 2.28. The van der Waals surface area contributed by atoms with Gasteiger partial charge in [-0.1, -0.05) is 6.07 Å². The number of methoxy groups -OCH3 is 1. The van der Waals surface area contributed by atoms with Crippen molar-refractivity contribution in [3.8, 4) is 11.5 Å². The molecule has 0 radical (unpaired) electrons. The Labute approximate surface area is 138 Å². The second-order valence-electron chi connectivity index (χ2n) is 5.36. The highest BCUT2D eigenvalue weighted by atomic mass is 16.5. The summed E-state index contributed by atoms with van der Waals surface area (Å²) in [5.41, 5.74) is 1.10. The van der Waals surface area contributed by atoms with Gasteiger partial charge in [0.2, 0.25) is 0 Å². The van der Waals surface area contributed by atoms with Crippen molar-refractivity contribution in [3.05, 3.63) is 23.8 Å². The van der Waals surface area contributed by atoms with E-state index in [9.17, 15) is 0 Å². The maximum Gasteiger partial charge on any atom is 0.191 e. The summed E-state index contributed by atoms with van der Waals surface area (Å²) in [5, 5.41) is 6.60. The molecule has 2 rings (SSSR count). The first kappa shape index (κ1) is 17.4. The Bertz CT molecular complexity index is 514. The van der Waals surface area contributed by atoms with Crippen molar-refractivity contribution in [1.82, 2.24) is 10.6 Å². The lowest BCUT2D eigenvalue weighted by Gasteiger charge is -2.16. The molecule has 23 heavy (non-hydrogen) atoms. The van der Waals surface area contributed by atoms with E-state index >= 15 is 0 Å². The molecule has 128 valence electrons. The van der Waals surface area contributed by atoms with Gasteiger partial charge in [-0.3, -0.25) is 4.99 Å². The number of hydrogen-bond acceptors (Lipinski definition) is 4. The first-order valence-electron chi connectivity index (χ1n) is 8.12. The normalized spacial score (nSPS) is 17.9. The zero-order valence-corrected chi connectivity index (χ0v) is 14.2. The summed E-state index contributed by atoms with van der Waals surface area (Å²) < 4.78 is 16.5. The van der Waals surface area contributed by atoms with Crippen LogP contribution in [0.1, 0.15) is 25.3 Å². The largest absolute Gasteiger partial charge is 0.493 e. The van der Waals surface area contributed by atoms with Crippen LogP contribution in [0.3, 0.4) is 0 Å². The number of benzene rings is 1. The van der Waals surface area contributed by atoms with Gasteiger partial charge in [0.1, 0.15) is 0 Å². The highest BCUT2D eigenvalue weighted by Crippen LogP contribution is 2.27. The van der Waals surface area contributed by atoms with E-state index in [1.165, 1.54) is 0 Å². The lowest BCUT2D eigenvalue weighted by atomic mass is 10.2. The smallest absolute Gasteiger partial charge is 0.191 e. The molecule has 6 nitrogen and oxygen atoms in total. The summed E-state index contributed by atoms with van der Waals surface area (Å²) in [6.07, 6.45) is 2.55. The van der Waals surface area contributed by atoms with E-state index in [-0.39, 0.29) is 0 Å². The third kappa shape index (κ3) is 5.32. The monoisotopic (exact) mass is 321 g/mol. The van der Waals surface area contributed by atoms with Crippen molar-refractivity contribution >= 4 is 5.96 Å². The highest BCUT2D eigenvalue weighted by Gasteiger charge is 2.15. The van der Waals surface area contributed by atoms with Crippen molar-refractivity contribution in [2.75, 3.05) is 33.9 Å². The topological polar surface area (TPSA) is 64.1 Å². The minimum Gasteiger partial charge on any atom is -0.493 e. The Balaban J connectivity index is 1.85. The van der Waals surface area contributed by atoms with Gasteiger partial charge in [0.15, 0.2) is 17.5 Å². The fourth-order valence-corrected chi connectivity index (χ4v) is 2.52. The van der Waals surface area contributed by atoms with Gasteiger partial charge in [-0.2, -0.15) is 0 Å². The predicted molar refractivity (Wildman–Crippen MR) is 91.3 cm³/mol. The zero-order chi connectivity index (χ0) is 16.5. The first-order valence-corrected chi connectivity index (χ1v) is 8.12. The van der Waals surface area contributed by atoms with Crippen LogP contribution in [0.4, 0.5) is 0 Å². The van der Waals surface area contributed by atoms with Crippen LogP contribution < -0.4 is 20.1 Å². The van der Waals surface area contributed by atoms with Gasteiger partial charge in [0.25, 0.3) is 0 Å². The van der Waals surface area contributed by atoms with Crippen LogP contribution in [0.2, 0.25) is 0 Å². The molecule has 0 aromatic heterocycles. The van der Waals surface area contributed by atoms with Gasteiger partial charge in [-0.25, -0.2) is 0 Å². The van der Waals surface area contributed by atoms with Gasteiger partial charge >= 0.3 is 0 Å². The van der Waals surface area contributed by atoms with E-state index in [1.807, 2.05) is 25.1 Å². The zero-order valence-electron chi connectivity index (χ0n) is 14.2. The van der Waals surface area contributed by atoms with Crippen LogP contribution in [0.5, 0.6) is 11.5 Å². The SMILES string of the molecule is CCOc1ccc(CNC(=NC)NCC2CCCO2)cc1OC. The molecule has 0 amide bonds. The molecule has 1 aliphatic rings. The minimum atomic E-state index is 0.291. The fourth-order valence-electron chi connectivity index (χ4n) is 2.52. The van der Waals surface area contributed by atoms with Gasteiger partial charge in [-0.05, 0) is 37.5 Å². The van der Waals surface area contributed by atoms with E-state index < -0.39 is 0 Å². The third-order valence-electron chi connectivity index (χ3n) is 3.73. The molecule has 1 aromatic carbocycles.